The van der Waals surface area contributed by atoms with Crippen molar-refractivity contribution in [1.29, 1.82) is 0 Å². The summed E-state index contributed by atoms with van der Waals surface area (Å²) in [7, 11) is -2.55. The van der Waals surface area contributed by atoms with E-state index in [1.807, 2.05) is 30.3 Å². The summed E-state index contributed by atoms with van der Waals surface area (Å²) in [6.07, 6.45) is 5.10. The second-order valence-corrected chi connectivity index (χ2v) is 12.4. The van der Waals surface area contributed by atoms with Gasteiger partial charge in [-0.2, -0.15) is 9.78 Å². The third-order valence-electron chi connectivity index (χ3n) is 6.71. The summed E-state index contributed by atoms with van der Waals surface area (Å²) in [5.41, 5.74) is 3.68. The fraction of sp³-hybridized carbons (Fsp3) is 0.129. The zero-order chi connectivity index (χ0) is 32.7. The minimum Gasteiger partial charge on any atom is -0.453 e. The Bertz CT molecular complexity index is 1990. The maximum absolute atomic E-state index is 13.3. The first-order valence-electron chi connectivity index (χ1n) is 13.7. The lowest BCUT2D eigenvalue weighted by atomic mass is 10.00. The molecule has 2 aromatic heterocycles. The number of hydrogen-bond donors (Lipinski definition) is 2. The predicted octanol–water partition coefficient (Wildman–Crippen LogP) is 4.47. The number of anilines is 1. The monoisotopic (exact) mass is 658 g/mol. The number of nitrogens with zero attached hydrogens (tertiary/aromatic N) is 6. The second kappa shape index (κ2) is 14.1. The summed E-state index contributed by atoms with van der Waals surface area (Å²) in [5, 5.41) is 25.3. The van der Waals surface area contributed by atoms with Crippen molar-refractivity contribution < 1.29 is 22.7 Å². The van der Waals surface area contributed by atoms with Gasteiger partial charge in [-0.3, -0.25) is 10.1 Å². The van der Waals surface area contributed by atoms with Crippen molar-refractivity contribution in [1.82, 2.24) is 35.7 Å². The molecule has 0 bridgehead atoms. The van der Waals surface area contributed by atoms with Gasteiger partial charge in [0, 0.05) is 34.2 Å². The van der Waals surface area contributed by atoms with Crippen molar-refractivity contribution in [2.24, 2.45) is 0 Å². The molecule has 2 N–H and O–H groups in total. The Morgan fingerprint density at radius 2 is 1.78 bits per heavy atom. The SMILES string of the molecule is COC(=O)Nc1ccc(-c2cc(C(Cc3ccccc3)NC(=O)C=Cc3cc(Cl)ccc3-n3cnnn3)nnc2S(C)(=O)=O)cc1. The summed E-state index contributed by atoms with van der Waals surface area (Å²) >= 11 is 6.22. The van der Waals surface area contributed by atoms with Crippen LogP contribution in [0.2, 0.25) is 5.02 Å². The molecule has 3 aromatic carbocycles. The third-order valence-corrected chi connectivity index (χ3v) is 7.95. The molecule has 0 spiro atoms. The topological polar surface area (TPSA) is 171 Å². The average molecular weight is 659 g/mol. The molecule has 2 heterocycles. The van der Waals surface area contributed by atoms with Crippen LogP contribution in [-0.2, 0) is 25.8 Å². The van der Waals surface area contributed by atoms with Gasteiger partial charge < -0.3 is 10.1 Å². The van der Waals surface area contributed by atoms with Crippen LogP contribution in [0.15, 0.2) is 96.3 Å². The number of aromatic nitrogens is 6. The normalized spacial score (nSPS) is 12.1. The number of carbonyl (C=O) groups excluding carboxylic acids is 2. The molecule has 0 aliphatic carbocycles. The van der Waals surface area contributed by atoms with Crippen LogP contribution in [0.1, 0.15) is 22.9 Å². The number of sulfone groups is 1. The van der Waals surface area contributed by atoms with Crippen LogP contribution in [0.4, 0.5) is 10.5 Å². The van der Waals surface area contributed by atoms with Gasteiger partial charge in [-0.15, -0.1) is 10.2 Å². The maximum atomic E-state index is 13.3. The molecule has 46 heavy (non-hydrogen) atoms. The summed E-state index contributed by atoms with van der Waals surface area (Å²) in [6, 6.07) is 21.9. The van der Waals surface area contributed by atoms with E-state index >= 15 is 0 Å². The average Bonchev–Trinajstić information content (AvgIpc) is 3.58. The molecule has 5 rings (SSSR count). The van der Waals surface area contributed by atoms with Crippen LogP contribution in [0.25, 0.3) is 22.9 Å². The van der Waals surface area contributed by atoms with Gasteiger partial charge in [-0.25, -0.2) is 13.2 Å². The van der Waals surface area contributed by atoms with Crippen molar-refractivity contribution in [2.45, 2.75) is 17.5 Å². The van der Waals surface area contributed by atoms with Crippen LogP contribution in [0, 0.1) is 0 Å². The van der Waals surface area contributed by atoms with Gasteiger partial charge in [-0.05, 0) is 70.4 Å². The Morgan fingerprint density at radius 3 is 2.46 bits per heavy atom. The molecule has 2 amide bonds. The molecule has 0 saturated carbocycles. The van der Waals surface area contributed by atoms with Gasteiger partial charge in [0.15, 0.2) is 14.9 Å². The molecule has 1 atom stereocenters. The Labute approximate surface area is 269 Å². The van der Waals surface area contributed by atoms with Gasteiger partial charge in [0.1, 0.15) is 6.33 Å². The molecule has 0 fully saturated rings. The number of amides is 2. The van der Waals surface area contributed by atoms with E-state index in [1.54, 1.807) is 54.6 Å². The van der Waals surface area contributed by atoms with Gasteiger partial charge in [-0.1, -0.05) is 54.1 Å². The van der Waals surface area contributed by atoms with E-state index in [1.165, 1.54) is 24.2 Å². The lowest BCUT2D eigenvalue weighted by molar-refractivity contribution is -0.117. The van der Waals surface area contributed by atoms with Gasteiger partial charge in [0.25, 0.3) is 0 Å². The second-order valence-electron chi connectivity index (χ2n) is 10.00. The highest BCUT2D eigenvalue weighted by atomic mass is 35.5. The highest BCUT2D eigenvalue weighted by Crippen LogP contribution is 2.30. The molecule has 0 radical (unpaired) electrons. The molecular formula is C31H27ClN8O5S. The van der Waals surface area contributed by atoms with Crippen molar-refractivity contribution in [3.05, 3.63) is 113 Å². The highest BCUT2D eigenvalue weighted by molar-refractivity contribution is 7.90. The largest absolute Gasteiger partial charge is 0.453 e. The molecule has 15 heteroatoms. The van der Waals surface area contributed by atoms with Gasteiger partial charge >= 0.3 is 6.09 Å². The highest BCUT2D eigenvalue weighted by Gasteiger charge is 2.23. The van der Waals surface area contributed by atoms with Gasteiger partial charge in [0.2, 0.25) is 5.91 Å². The molecule has 234 valence electrons. The Kier molecular flexibility index (Phi) is 9.79. The van der Waals surface area contributed by atoms with Crippen LogP contribution in [0.5, 0.6) is 0 Å². The fourth-order valence-corrected chi connectivity index (χ4v) is 5.50. The predicted molar refractivity (Wildman–Crippen MR) is 171 cm³/mol. The van der Waals surface area contributed by atoms with E-state index in [0.717, 1.165) is 11.8 Å². The van der Waals surface area contributed by atoms with Crippen LogP contribution >= 0.6 is 11.6 Å². The number of tetrazole rings is 1. The van der Waals surface area contributed by atoms with E-state index in [0.29, 0.717) is 39.6 Å². The van der Waals surface area contributed by atoms with Crippen molar-refractivity contribution in [2.75, 3.05) is 18.7 Å². The van der Waals surface area contributed by atoms with E-state index in [9.17, 15) is 18.0 Å². The number of nitrogens with one attached hydrogen (secondary N) is 2. The molecule has 0 aliphatic rings. The van der Waals surface area contributed by atoms with Gasteiger partial charge in [0.05, 0.1) is 24.5 Å². The molecule has 5 aromatic rings. The first-order valence-corrected chi connectivity index (χ1v) is 16.0. The zero-order valence-corrected chi connectivity index (χ0v) is 26.1. The minimum atomic E-state index is -3.79. The number of carbonyl (C=O) groups is 2. The Balaban J connectivity index is 1.49. The maximum Gasteiger partial charge on any atom is 0.411 e. The number of rotatable bonds is 10. The van der Waals surface area contributed by atoms with E-state index in [4.69, 9.17) is 11.6 Å². The Hall–Kier alpha value is -5.47. The van der Waals surface area contributed by atoms with Crippen LogP contribution in [-0.4, -0.2) is 64.2 Å². The summed E-state index contributed by atoms with van der Waals surface area (Å²) in [6.45, 7) is 0. The van der Waals surface area contributed by atoms with Crippen LogP contribution < -0.4 is 10.6 Å². The number of halogens is 1. The Morgan fingerprint density at radius 1 is 1.02 bits per heavy atom. The van der Waals surface area contributed by atoms with Crippen molar-refractivity contribution in [3.8, 4) is 16.8 Å². The lowest BCUT2D eigenvalue weighted by Crippen LogP contribution is -2.29. The fourth-order valence-electron chi connectivity index (χ4n) is 4.55. The quantitative estimate of drug-likeness (QED) is 0.204. The molecule has 13 nitrogen and oxygen atoms in total. The first kappa shape index (κ1) is 31.9. The smallest absolute Gasteiger partial charge is 0.411 e. The molecular weight excluding hydrogens is 632 g/mol. The standard InChI is InChI=1S/C31H27ClN8O5S/c1-45-31(42)34-24-12-8-21(9-13-24)25-18-27(36-37-30(25)46(2,43)44)26(16-20-6-4-3-5-7-20)35-29(41)15-10-22-17-23(32)11-14-28(22)40-19-33-38-39-40/h3-15,17-19,26H,16H2,1-2H3,(H,34,42)(H,35,41). The van der Waals surface area contributed by atoms with Crippen molar-refractivity contribution in [3.63, 3.8) is 0 Å². The van der Waals surface area contributed by atoms with E-state index in [2.05, 4.69) is 41.1 Å². The number of benzene rings is 3. The zero-order valence-electron chi connectivity index (χ0n) is 24.5. The van der Waals surface area contributed by atoms with Crippen molar-refractivity contribution >= 4 is 45.2 Å². The summed E-state index contributed by atoms with van der Waals surface area (Å²) in [5.74, 6) is -0.447. The van der Waals surface area contributed by atoms with E-state index < -0.39 is 27.9 Å². The lowest BCUT2D eigenvalue weighted by Gasteiger charge is -2.19. The summed E-state index contributed by atoms with van der Waals surface area (Å²) < 4.78 is 31.5. The molecule has 0 saturated heterocycles. The summed E-state index contributed by atoms with van der Waals surface area (Å²) in [4.78, 5) is 24.9. The van der Waals surface area contributed by atoms with Crippen LogP contribution in [0.3, 0.4) is 0 Å². The molecule has 0 aliphatic heterocycles. The number of methoxy groups -OCH3 is 1. The number of hydrogen-bond acceptors (Lipinski definition) is 10. The first-order chi connectivity index (χ1) is 22.1. The molecule has 1 unspecified atom stereocenters. The van der Waals surface area contributed by atoms with E-state index in [-0.39, 0.29) is 10.6 Å². The minimum absolute atomic E-state index is 0.231. The third kappa shape index (κ3) is 7.97. The number of ether oxygens (including phenoxy) is 1.